The van der Waals surface area contributed by atoms with Crippen molar-refractivity contribution in [1.29, 1.82) is 0 Å². The molecule has 0 radical (unpaired) electrons. The third kappa shape index (κ3) is 6.89. The van der Waals surface area contributed by atoms with Gasteiger partial charge in [0, 0.05) is 22.5 Å². The number of ether oxygens (including phenoxy) is 1. The molecule has 3 N–H and O–H groups in total. The van der Waals surface area contributed by atoms with Crippen LogP contribution >= 0.6 is 12.2 Å². The van der Waals surface area contributed by atoms with Crippen LogP contribution in [-0.2, 0) is 5.41 Å². The second-order valence-corrected chi connectivity index (χ2v) is 9.14. The van der Waals surface area contributed by atoms with Gasteiger partial charge in [-0.1, -0.05) is 45.0 Å². The number of hydrogen-bond acceptors (Lipinski definition) is 4. The lowest BCUT2D eigenvalue weighted by atomic mass is 9.87. The fourth-order valence-electron chi connectivity index (χ4n) is 3.23. The predicted molar refractivity (Wildman–Crippen MR) is 141 cm³/mol. The first kappa shape index (κ1) is 24.9. The van der Waals surface area contributed by atoms with E-state index in [4.69, 9.17) is 17.0 Å². The molecule has 7 heteroatoms. The summed E-state index contributed by atoms with van der Waals surface area (Å²) in [5.74, 6) is 0.0652. The average molecular weight is 476 g/mol. The summed E-state index contributed by atoms with van der Waals surface area (Å²) in [6, 6.07) is 21.6. The third-order valence-electron chi connectivity index (χ3n) is 5.03. The number of carbonyl (C=O) groups excluding carboxylic acids is 2. The molecule has 6 nitrogen and oxygen atoms in total. The summed E-state index contributed by atoms with van der Waals surface area (Å²) in [6.07, 6.45) is 0. The summed E-state index contributed by atoms with van der Waals surface area (Å²) >= 11 is 5.28. The van der Waals surface area contributed by atoms with Gasteiger partial charge in [-0.3, -0.25) is 14.9 Å². The molecule has 0 unspecified atom stereocenters. The van der Waals surface area contributed by atoms with Crippen molar-refractivity contribution in [2.45, 2.75) is 33.1 Å². The highest BCUT2D eigenvalue weighted by Gasteiger charge is 2.15. The minimum absolute atomic E-state index is 0.0227. The Morgan fingerprint density at radius 3 is 2.12 bits per heavy atom. The van der Waals surface area contributed by atoms with Crippen molar-refractivity contribution in [3.8, 4) is 5.75 Å². The van der Waals surface area contributed by atoms with Crippen molar-refractivity contribution in [3.05, 3.63) is 89.5 Å². The minimum Gasteiger partial charge on any atom is -0.494 e. The number of anilines is 2. The summed E-state index contributed by atoms with van der Waals surface area (Å²) in [6.45, 7) is 8.79. The molecule has 34 heavy (non-hydrogen) atoms. The smallest absolute Gasteiger partial charge is 0.257 e. The Bertz CT molecular complexity index is 1180. The van der Waals surface area contributed by atoms with Gasteiger partial charge in [0.2, 0.25) is 0 Å². The molecule has 3 aromatic carbocycles. The van der Waals surface area contributed by atoms with Crippen molar-refractivity contribution in [2.24, 2.45) is 0 Å². The van der Waals surface area contributed by atoms with E-state index in [-0.39, 0.29) is 22.3 Å². The quantitative estimate of drug-likeness (QED) is 0.395. The first-order valence-corrected chi connectivity index (χ1v) is 11.4. The number of hydrogen-bond donors (Lipinski definition) is 3. The summed E-state index contributed by atoms with van der Waals surface area (Å²) in [5, 5.41) is 8.67. The van der Waals surface area contributed by atoms with Crippen LogP contribution in [0.2, 0.25) is 0 Å². The zero-order chi connectivity index (χ0) is 24.7. The van der Waals surface area contributed by atoms with E-state index in [1.165, 1.54) is 0 Å². The van der Waals surface area contributed by atoms with Crippen LogP contribution in [0.1, 0.15) is 54.0 Å². The molecular formula is C27H29N3O3S. The van der Waals surface area contributed by atoms with E-state index in [2.05, 4.69) is 36.7 Å². The van der Waals surface area contributed by atoms with Gasteiger partial charge >= 0.3 is 0 Å². The van der Waals surface area contributed by atoms with Crippen molar-refractivity contribution < 1.29 is 14.3 Å². The summed E-state index contributed by atoms with van der Waals surface area (Å²) in [4.78, 5) is 25.2. The van der Waals surface area contributed by atoms with Gasteiger partial charge in [-0.25, -0.2) is 0 Å². The maximum atomic E-state index is 12.7. The Balaban J connectivity index is 1.60. The zero-order valence-corrected chi connectivity index (χ0v) is 20.6. The molecule has 0 aromatic heterocycles. The Hall–Kier alpha value is -3.71. The number of benzene rings is 3. The van der Waals surface area contributed by atoms with E-state index >= 15 is 0 Å². The number of carbonyl (C=O) groups is 2. The van der Waals surface area contributed by atoms with E-state index in [1.54, 1.807) is 48.5 Å². The van der Waals surface area contributed by atoms with Gasteiger partial charge in [-0.2, -0.15) is 0 Å². The van der Waals surface area contributed by atoms with Gasteiger partial charge in [-0.05, 0) is 78.7 Å². The van der Waals surface area contributed by atoms with Gasteiger partial charge in [-0.15, -0.1) is 0 Å². The normalized spacial score (nSPS) is 10.8. The van der Waals surface area contributed by atoms with Crippen LogP contribution in [0.5, 0.6) is 5.75 Å². The van der Waals surface area contributed by atoms with E-state index in [9.17, 15) is 9.59 Å². The molecular weight excluding hydrogens is 446 g/mol. The van der Waals surface area contributed by atoms with Crippen LogP contribution < -0.4 is 20.7 Å². The van der Waals surface area contributed by atoms with Crippen molar-refractivity contribution in [3.63, 3.8) is 0 Å². The van der Waals surface area contributed by atoms with Crippen LogP contribution in [0.4, 0.5) is 11.4 Å². The Kier molecular flexibility index (Phi) is 8.02. The number of amides is 2. The number of nitrogens with one attached hydrogen (secondary N) is 3. The van der Waals surface area contributed by atoms with Gasteiger partial charge in [0.15, 0.2) is 5.11 Å². The lowest BCUT2D eigenvalue weighted by Crippen LogP contribution is -2.34. The zero-order valence-electron chi connectivity index (χ0n) is 19.8. The number of rotatable bonds is 6. The van der Waals surface area contributed by atoms with Gasteiger partial charge < -0.3 is 15.4 Å². The molecule has 0 saturated heterocycles. The molecule has 0 atom stereocenters. The molecule has 2 amide bonds. The van der Waals surface area contributed by atoms with Crippen LogP contribution in [0, 0.1) is 0 Å². The van der Waals surface area contributed by atoms with E-state index in [0.717, 1.165) is 5.56 Å². The van der Waals surface area contributed by atoms with E-state index in [0.29, 0.717) is 34.9 Å². The second kappa shape index (κ2) is 10.9. The molecule has 3 rings (SSSR count). The molecule has 0 aliphatic heterocycles. The maximum absolute atomic E-state index is 12.7. The van der Waals surface area contributed by atoms with Crippen molar-refractivity contribution in [1.82, 2.24) is 5.32 Å². The fourth-order valence-corrected chi connectivity index (χ4v) is 3.44. The first-order valence-electron chi connectivity index (χ1n) is 11.0. The Morgan fingerprint density at radius 2 is 1.47 bits per heavy atom. The van der Waals surface area contributed by atoms with Crippen molar-refractivity contribution in [2.75, 3.05) is 17.2 Å². The summed E-state index contributed by atoms with van der Waals surface area (Å²) in [7, 11) is 0. The molecule has 0 saturated carbocycles. The number of thiocarbonyl (C=S) groups is 1. The standard InChI is InChI=1S/C27H29N3O3S/c1-5-33-23-11-6-8-19(16-23)25(32)30-26(34)29-22-10-7-9-21(17-22)28-24(31)18-12-14-20(15-13-18)27(2,3)4/h6-17H,5H2,1-4H3,(H,28,31)(H2,29,30,32,34). The topological polar surface area (TPSA) is 79.5 Å². The maximum Gasteiger partial charge on any atom is 0.257 e. The monoisotopic (exact) mass is 475 g/mol. The fraction of sp³-hybridized carbons (Fsp3) is 0.222. The van der Waals surface area contributed by atoms with Crippen LogP contribution in [0.3, 0.4) is 0 Å². The molecule has 0 bridgehead atoms. The van der Waals surface area contributed by atoms with Crippen molar-refractivity contribution >= 4 is 40.5 Å². The minimum atomic E-state index is -0.345. The van der Waals surface area contributed by atoms with Gasteiger partial charge in [0.25, 0.3) is 11.8 Å². The summed E-state index contributed by atoms with van der Waals surface area (Å²) < 4.78 is 5.43. The lowest BCUT2D eigenvalue weighted by molar-refractivity contribution is 0.0976. The first-order chi connectivity index (χ1) is 16.2. The van der Waals surface area contributed by atoms with Crippen LogP contribution in [0.25, 0.3) is 0 Å². The summed E-state index contributed by atoms with van der Waals surface area (Å²) in [5.41, 5.74) is 3.43. The highest BCUT2D eigenvalue weighted by atomic mass is 32.1. The molecule has 0 aliphatic rings. The molecule has 0 aliphatic carbocycles. The third-order valence-corrected chi connectivity index (χ3v) is 5.23. The van der Waals surface area contributed by atoms with Gasteiger partial charge in [0.05, 0.1) is 6.61 Å². The Labute approximate surface area is 205 Å². The Morgan fingerprint density at radius 1 is 0.824 bits per heavy atom. The van der Waals surface area contributed by atoms with Crippen LogP contribution in [0.15, 0.2) is 72.8 Å². The highest BCUT2D eigenvalue weighted by molar-refractivity contribution is 7.80. The largest absolute Gasteiger partial charge is 0.494 e. The molecule has 3 aromatic rings. The molecule has 0 spiro atoms. The molecule has 0 heterocycles. The predicted octanol–water partition coefficient (Wildman–Crippen LogP) is 5.76. The second-order valence-electron chi connectivity index (χ2n) is 8.73. The lowest BCUT2D eigenvalue weighted by Gasteiger charge is -2.19. The SMILES string of the molecule is CCOc1cccc(C(=O)NC(=S)Nc2cccc(NC(=O)c3ccc(C(C)(C)C)cc3)c2)c1. The van der Waals surface area contributed by atoms with E-state index < -0.39 is 0 Å². The average Bonchev–Trinajstić information content (AvgIpc) is 2.79. The van der Waals surface area contributed by atoms with E-state index in [1.807, 2.05) is 31.2 Å². The molecule has 176 valence electrons. The van der Waals surface area contributed by atoms with Crippen LogP contribution in [-0.4, -0.2) is 23.5 Å². The van der Waals surface area contributed by atoms with Gasteiger partial charge in [0.1, 0.15) is 5.75 Å². The molecule has 0 fully saturated rings. The highest BCUT2D eigenvalue weighted by Crippen LogP contribution is 2.23.